The van der Waals surface area contributed by atoms with Gasteiger partial charge < -0.3 is 15.0 Å². The highest BCUT2D eigenvalue weighted by atomic mass is 32.2. The monoisotopic (exact) mass is 565 g/mol. The molecule has 40 heavy (non-hydrogen) atoms. The Bertz CT molecular complexity index is 1350. The van der Waals surface area contributed by atoms with Gasteiger partial charge >= 0.3 is 0 Å². The fourth-order valence-electron chi connectivity index (χ4n) is 4.21. The van der Waals surface area contributed by atoms with Crippen LogP contribution in [0.1, 0.15) is 39.7 Å². The summed E-state index contributed by atoms with van der Waals surface area (Å²) in [6.07, 6.45) is 1.25. The average molecular weight is 566 g/mol. The Morgan fingerprint density at radius 3 is 2.10 bits per heavy atom. The summed E-state index contributed by atoms with van der Waals surface area (Å²) in [5, 5.41) is 2.95. The minimum atomic E-state index is -4.15. The second-order valence-electron chi connectivity index (χ2n) is 9.54. The van der Waals surface area contributed by atoms with Gasteiger partial charge in [0.1, 0.15) is 18.3 Å². The van der Waals surface area contributed by atoms with Crippen LogP contribution in [-0.2, 0) is 26.0 Å². The van der Waals surface area contributed by atoms with Crippen LogP contribution >= 0.6 is 0 Å². The molecule has 8 nitrogen and oxygen atoms in total. The molecule has 2 unspecified atom stereocenters. The van der Waals surface area contributed by atoms with E-state index in [1.807, 2.05) is 44.2 Å². The average Bonchev–Trinajstić information content (AvgIpc) is 2.97. The number of carbonyl (C=O) groups excluding carboxylic acids is 2. The Hall–Kier alpha value is -3.85. The zero-order valence-electron chi connectivity index (χ0n) is 23.6. The third-order valence-corrected chi connectivity index (χ3v) is 8.47. The fraction of sp³-hybridized carbons (Fsp3) is 0.355. The molecule has 2 amide bonds. The van der Waals surface area contributed by atoms with E-state index in [1.54, 1.807) is 56.3 Å². The van der Waals surface area contributed by atoms with Crippen molar-refractivity contribution >= 4 is 27.5 Å². The summed E-state index contributed by atoms with van der Waals surface area (Å²) < 4.78 is 34.7. The molecule has 0 aromatic heterocycles. The molecule has 0 aliphatic heterocycles. The van der Waals surface area contributed by atoms with Gasteiger partial charge in [0.2, 0.25) is 11.8 Å². The normalized spacial score (nSPS) is 12.7. The molecule has 0 spiro atoms. The lowest BCUT2D eigenvalue weighted by Crippen LogP contribution is -2.53. The van der Waals surface area contributed by atoms with Gasteiger partial charge in [-0.1, -0.05) is 67.6 Å². The van der Waals surface area contributed by atoms with E-state index in [0.717, 1.165) is 16.3 Å². The van der Waals surface area contributed by atoms with Crippen LogP contribution in [0, 0.1) is 0 Å². The third-order valence-electron chi connectivity index (χ3n) is 6.70. The van der Waals surface area contributed by atoms with Gasteiger partial charge in [-0.05, 0) is 63.4 Å². The Morgan fingerprint density at radius 1 is 0.875 bits per heavy atom. The number of anilines is 1. The molecule has 3 aromatic carbocycles. The van der Waals surface area contributed by atoms with E-state index in [2.05, 4.69) is 5.32 Å². The zero-order valence-corrected chi connectivity index (χ0v) is 24.4. The molecule has 0 saturated heterocycles. The van der Waals surface area contributed by atoms with E-state index < -0.39 is 28.5 Å². The van der Waals surface area contributed by atoms with Crippen molar-refractivity contribution in [2.45, 2.75) is 57.5 Å². The van der Waals surface area contributed by atoms with E-state index in [0.29, 0.717) is 18.8 Å². The number of rotatable bonds is 14. The van der Waals surface area contributed by atoms with Crippen LogP contribution in [0.2, 0.25) is 0 Å². The Kier molecular flexibility index (Phi) is 11.1. The maximum atomic E-state index is 14.0. The molecule has 9 heteroatoms. The number of benzene rings is 3. The molecule has 0 fully saturated rings. The minimum Gasteiger partial charge on any atom is -0.492 e. The molecule has 0 aliphatic rings. The van der Waals surface area contributed by atoms with E-state index in [4.69, 9.17) is 4.74 Å². The Morgan fingerprint density at radius 2 is 1.48 bits per heavy atom. The number of nitrogens with zero attached hydrogens (tertiary/aromatic N) is 2. The number of sulfonamides is 1. The molecule has 0 bridgehead atoms. The lowest BCUT2D eigenvalue weighted by atomic mass is 10.1. The van der Waals surface area contributed by atoms with Crippen LogP contribution in [0.4, 0.5) is 5.69 Å². The first-order chi connectivity index (χ1) is 19.2. The van der Waals surface area contributed by atoms with Gasteiger partial charge in [-0.2, -0.15) is 0 Å². The number of carbonyl (C=O) groups is 2. The molecule has 214 valence electrons. The Labute approximate surface area is 238 Å². The van der Waals surface area contributed by atoms with Crippen molar-refractivity contribution in [3.05, 3.63) is 90.5 Å². The molecule has 3 rings (SSSR count). The van der Waals surface area contributed by atoms with Crippen LogP contribution in [0.3, 0.4) is 0 Å². The first-order valence-electron chi connectivity index (χ1n) is 13.6. The number of ether oxygens (including phenoxy) is 1. The van der Waals surface area contributed by atoms with Crippen LogP contribution in [-0.4, -0.2) is 56.9 Å². The summed E-state index contributed by atoms with van der Waals surface area (Å²) in [5.74, 6) is -0.438. The predicted molar refractivity (Wildman–Crippen MR) is 158 cm³/mol. The van der Waals surface area contributed by atoms with Crippen molar-refractivity contribution in [1.29, 1.82) is 0 Å². The molecular weight excluding hydrogens is 526 g/mol. The molecular formula is C31H39N3O5S. The van der Waals surface area contributed by atoms with Crippen molar-refractivity contribution in [2.75, 3.05) is 24.0 Å². The second kappa shape index (κ2) is 14.5. The first kappa shape index (κ1) is 30.7. The number of hydrogen-bond acceptors (Lipinski definition) is 5. The molecule has 1 N–H and O–H groups in total. The summed E-state index contributed by atoms with van der Waals surface area (Å²) in [6, 6.07) is 23.5. The summed E-state index contributed by atoms with van der Waals surface area (Å²) in [7, 11) is -4.15. The van der Waals surface area contributed by atoms with E-state index in [-0.39, 0.29) is 29.1 Å². The standard InChI is InChI=1S/C31H39N3O5S/c1-5-24(3)32-31(36)25(4)33(22-21-26-15-9-7-10-16-26)30(35)23-34(28-19-13-14-20-29(28)39-6-2)40(37,38)27-17-11-8-12-18-27/h7-20,24-25H,5-6,21-23H2,1-4H3,(H,32,36). The maximum absolute atomic E-state index is 14.0. The van der Waals surface area contributed by atoms with Gasteiger partial charge in [-0.25, -0.2) is 8.42 Å². The molecule has 2 atom stereocenters. The number of amides is 2. The quantitative estimate of drug-likeness (QED) is 0.307. The summed E-state index contributed by atoms with van der Waals surface area (Å²) in [6.45, 7) is 7.41. The van der Waals surface area contributed by atoms with Crippen LogP contribution in [0.5, 0.6) is 5.75 Å². The van der Waals surface area contributed by atoms with Gasteiger partial charge in [0.15, 0.2) is 0 Å². The smallest absolute Gasteiger partial charge is 0.264 e. The van der Waals surface area contributed by atoms with Crippen LogP contribution < -0.4 is 14.4 Å². The lowest BCUT2D eigenvalue weighted by Gasteiger charge is -2.32. The molecule has 0 saturated carbocycles. The summed E-state index contributed by atoms with van der Waals surface area (Å²) in [4.78, 5) is 28.6. The van der Waals surface area contributed by atoms with E-state index in [9.17, 15) is 18.0 Å². The van der Waals surface area contributed by atoms with Gasteiger partial charge in [-0.3, -0.25) is 13.9 Å². The molecule has 3 aromatic rings. The maximum Gasteiger partial charge on any atom is 0.264 e. The lowest BCUT2D eigenvalue weighted by molar-refractivity contribution is -0.139. The van der Waals surface area contributed by atoms with E-state index in [1.165, 1.54) is 17.0 Å². The SMILES string of the molecule is CCOc1ccccc1N(CC(=O)N(CCc1ccccc1)C(C)C(=O)NC(C)CC)S(=O)(=O)c1ccccc1. The second-order valence-corrected chi connectivity index (χ2v) is 11.4. The Balaban J connectivity index is 2.01. The van der Waals surface area contributed by atoms with Gasteiger partial charge in [0.05, 0.1) is 17.2 Å². The minimum absolute atomic E-state index is 0.0486. The zero-order chi connectivity index (χ0) is 29.1. The third kappa shape index (κ3) is 7.85. The van der Waals surface area contributed by atoms with Crippen LogP contribution in [0.25, 0.3) is 0 Å². The summed E-state index contributed by atoms with van der Waals surface area (Å²) in [5.41, 5.74) is 1.26. The summed E-state index contributed by atoms with van der Waals surface area (Å²) >= 11 is 0. The van der Waals surface area contributed by atoms with Crippen molar-refractivity contribution in [3.63, 3.8) is 0 Å². The van der Waals surface area contributed by atoms with Crippen molar-refractivity contribution < 1.29 is 22.7 Å². The van der Waals surface area contributed by atoms with Crippen molar-refractivity contribution in [2.24, 2.45) is 0 Å². The first-order valence-corrected chi connectivity index (χ1v) is 15.1. The predicted octanol–water partition coefficient (Wildman–Crippen LogP) is 4.66. The molecule has 0 heterocycles. The van der Waals surface area contributed by atoms with E-state index >= 15 is 0 Å². The molecule has 0 radical (unpaired) electrons. The topological polar surface area (TPSA) is 96.0 Å². The number of hydrogen-bond donors (Lipinski definition) is 1. The van der Waals surface area contributed by atoms with Crippen molar-refractivity contribution in [1.82, 2.24) is 10.2 Å². The fourth-order valence-corrected chi connectivity index (χ4v) is 5.66. The van der Waals surface area contributed by atoms with Gasteiger partial charge in [0, 0.05) is 12.6 Å². The largest absolute Gasteiger partial charge is 0.492 e. The highest BCUT2D eigenvalue weighted by Crippen LogP contribution is 2.32. The molecule has 0 aliphatic carbocycles. The van der Waals surface area contributed by atoms with Gasteiger partial charge in [0.25, 0.3) is 10.0 Å². The van der Waals surface area contributed by atoms with Gasteiger partial charge in [-0.15, -0.1) is 0 Å². The number of nitrogens with one attached hydrogen (secondary N) is 1. The number of para-hydroxylation sites is 2. The highest BCUT2D eigenvalue weighted by Gasteiger charge is 2.33. The van der Waals surface area contributed by atoms with Crippen molar-refractivity contribution in [3.8, 4) is 5.75 Å². The highest BCUT2D eigenvalue weighted by molar-refractivity contribution is 7.92. The van der Waals surface area contributed by atoms with Crippen LogP contribution in [0.15, 0.2) is 89.8 Å².